The van der Waals surface area contributed by atoms with Gasteiger partial charge in [-0.2, -0.15) is 0 Å². The minimum atomic E-state index is -4.03. The van der Waals surface area contributed by atoms with Crippen molar-refractivity contribution in [2.24, 2.45) is 0 Å². The lowest BCUT2D eigenvalue weighted by atomic mass is 10.0. The molecule has 0 atom stereocenters. The van der Waals surface area contributed by atoms with Gasteiger partial charge in [-0.1, -0.05) is 61.9 Å². The van der Waals surface area contributed by atoms with E-state index in [1.165, 1.54) is 19.2 Å². The summed E-state index contributed by atoms with van der Waals surface area (Å²) in [6.07, 6.45) is 0. The molecule has 0 aliphatic rings. The Labute approximate surface area is 207 Å². The number of hydrogen-bond acceptors (Lipinski definition) is 5. The summed E-state index contributed by atoms with van der Waals surface area (Å²) in [5.41, 5.74) is 2.31. The molecule has 1 N–H and O–H groups in total. The van der Waals surface area contributed by atoms with Crippen LogP contribution in [-0.4, -0.2) is 41.1 Å². The quantitative estimate of drug-likeness (QED) is 0.395. The van der Waals surface area contributed by atoms with Gasteiger partial charge in [0.2, 0.25) is 5.91 Å². The van der Waals surface area contributed by atoms with E-state index in [0.29, 0.717) is 11.7 Å². The molecule has 3 rings (SSSR count). The van der Waals surface area contributed by atoms with Crippen molar-refractivity contribution in [2.45, 2.75) is 31.6 Å². The molecule has 35 heavy (non-hydrogen) atoms. The van der Waals surface area contributed by atoms with Crippen LogP contribution in [0.2, 0.25) is 0 Å². The van der Waals surface area contributed by atoms with Crippen molar-refractivity contribution in [2.75, 3.05) is 31.1 Å². The maximum atomic E-state index is 13.5. The maximum absolute atomic E-state index is 13.5. The van der Waals surface area contributed by atoms with E-state index in [-0.39, 0.29) is 23.7 Å². The minimum Gasteiger partial charge on any atom is -0.495 e. The molecule has 1 amide bonds. The second kappa shape index (κ2) is 11.8. The molecule has 0 fully saturated rings. The number of para-hydroxylation sites is 3. The Morgan fingerprint density at radius 2 is 1.57 bits per heavy atom. The van der Waals surface area contributed by atoms with Gasteiger partial charge >= 0.3 is 0 Å². The molecule has 3 aromatic carbocycles. The number of methoxy groups -OCH3 is 1. The molecule has 0 bridgehead atoms. The Bertz CT molecular complexity index is 1240. The summed E-state index contributed by atoms with van der Waals surface area (Å²) in [6, 6.07) is 21.0. The molecule has 0 unspecified atom stereocenters. The highest BCUT2D eigenvalue weighted by atomic mass is 32.2. The second-order valence-corrected chi connectivity index (χ2v) is 10.2. The van der Waals surface area contributed by atoms with E-state index in [4.69, 9.17) is 9.47 Å². The van der Waals surface area contributed by atoms with E-state index in [9.17, 15) is 13.2 Å². The number of hydrogen-bond donors (Lipinski definition) is 1. The molecule has 3 aromatic rings. The second-order valence-electron chi connectivity index (χ2n) is 8.39. The topological polar surface area (TPSA) is 84.9 Å². The number of sulfonamides is 1. The molecule has 0 aromatic heterocycles. The van der Waals surface area contributed by atoms with Crippen molar-refractivity contribution in [1.82, 2.24) is 5.32 Å². The van der Waals surface area contributed by atoms with Crippen molar-refractivity contribution in [3.63, 3.8) is 0 Å². The summed E-state index contributed by atoms with van der Waals surface area (Å²) in [4.78, 5) is 12.9. The monoisotopic (exact) mass is 496 g/mol. The zero-order valence-electron chi connectivity index (χ0n) is 20.5. The normalized spacial score (nSPS) is 11.2. The van der Waals surface area contributed by atoms with E-state index >= 15 is 0 Å². The van der Waals surface area contributed by atoms with Gasteiger partial charge in [-0.25, -0.2) is 8.42 Å². The van der Waals surface area contributed by atoms with Gasteiger partial charge in [0.25, 0.3) is 10.0 Å². The first-order chi connectivity index (χ1) is 16.7. The summed E-state index contributed by atoms with van der Waals surface area (Å²) < 4.78 is 39.4. The summed E-state index contributed by atoms with van der Waals surface area (Å²) >= 11 is 0. The first kappa shape index (κ1) is 26.1. The van der Waals surface area contributed by atoms with E-state index in [2.05, 4.69) is 19.2 Å². The number of nitrogens with zero attached hydrogens (tertiary/aromatic N) is 1. The lowest BCUT2D eigenvalue weighted by molar-refractivity contribution is -0.119. The van der Waals surface area contributed by atoms with E-state index in [1.54, 1.807) is 36.4 Å². The molecule has 0 spiro atoms. The van der Waals surface area contributed by atoms with Crippen molar-refractivity contribution >= 4 is 21.6 Å². The van der Waals surface area contributed by atoms with Crippen LogP contribution >= 0.6 is 0 Å². The molecule has 8 heteroatoms. The number of carbonyl (C=O) groups is 1. The molecule has 7 nitrogen and oxygen atoms in total. The smallest absolute Gasteiger partial charge is 0.264 e. The Kier molecular flexibility index (Phi) is 8.76. The molecule has 186 valence electrons. The number of ether oxygens (including phenoxy) is 2. The fourth-order valence-electron chi connectivity index (χ4n) is 3.60. The zero-order chi connectivity index (χ0) is 25.4. The van der Waals surface area contributed by atoms with Gasteiger partial charge < -0.3 is 14.8 Å². The van der Waals surface area contributed by atoms with Crippen LogP contribution in [-0.2, 0) is 14.8 Å². The summed E-state index contributed by atoms with van der Waals surface area (Å²) in [6.45, 7) is 6.14. The van der Waals surface area contributed by atoms with Gasteiger partial charge in [0, 0.05) is 0 Å². The Morgan fingerprint density at radius 3 is 2.23 bits per heavy atom. The van der Waals surface area contributed by atoms with Crippen LogP contribution in [0.4, 0.5) is 5.69 Å². The van der Waals surface area contributed by atoms with Crippen LogP contribution in [0.25, 0.3) is 0 Å². The highest BCUT2D eigenvalue weighted by Gasteiger charge is 2.29. The molecule has 0 saturated heterocycles. The van der Waals surface area contributed by atoms with Crippen molar-refractivity contribution < 1.29 is 22.7 Å². The standard InChI is InChI=1S/C27H32N2O5S/c1-20(2)23-9-5-7-11-25(23)34-18-17-28-27(30)19-29(24-10-6-8-12-26(24)33-4)35(31,32)22-15-13-21(3)14-16-22/h5-16,20H,17-19H2,1-4H3,(H,28,30). The molecular weight excluding hydrogens is 464 g/mol. The fourth-order valence-corrected chi connectivity index (χ4v) is 5.03. The van der Waals surface area contributed by atoms with Crippen LogP contribution in [0.15, 0.2) is 77.7 Å². The van der Waals surface area contributed by atoms with Crippen molar-refractivity contribution in [3.8, 4) is 11.5 Å². The number of anilines is 1. The SMILES string of the molecule is COc1ccccc1N(CC(=O)NCCOc1ccccc1C(C)C)S(=O)(=O)c1ccc(C)cc1. The van der Waals surface area contributed by atoms with E-state index < -0.39 is 22.5 Å². The zero-order valence-corrected chi connectivity index (χ0v) is 21.3. The summed E-state index contributed by atoms with van der Waals surface area (Å²) in [7, 11) is -2.57. The maximum Gasteiger partial charge on any atom is 0.264 e. The average molecular weight is 497 g/mol. The average Bonchev–Trinajstić information content (AvgIpc) is 2.85. The van der Waals surface area contributed by atoms with Gasteiger partial charge in [0.05, 0.1) is 24.2 Å². The van der Waals surface area contributed by atoms with Crippen LogP contribution in [0.3, 0.4) is 0 Å². The van der Waals surface area contributed by atoms with Crippen LogP contribution in [0.5, 0.6) is 11.5 Å². The number of aryl methyl sites for hydroxylation is 1. The van der Waals surface area contributed by atoms with Crippen molar-refractivity contribution in [1.29, 1.82) is 0 Å². The van der Waals surface area contributed by atoms with Crippen LogP contribution in [0.1, 0.15) is 30.9 Å². The summed E-state index contributed by atoms with van der Waals surface area (Å²) in [5.74, 6) is 0.980. The number of nitrogens with one attached hydrogen (secondary N) is 1. The number of benzene rings is 3. The van der Waals surface area contributed by atoms with Gasteiger partial charge in [-0.15, -0.1) is 0 Å². The third-order valence-electron chi connectivity index (χ3n) is 5.47. The van der Waals surface area contributed by atoms with E-state index in [0.717, 1.165) is 21.2 Å². The minimum absolute atomic E-state index is 0.0930. The highest BCUT2D eigenvalue weighted by molar-refractivity contribution is 7.92. The molecule has 0 radical (unpaired) electrons. The van der Waals surface area contributed by atoms with E-state index in [1.807, 2.05) is 31.2 Å². The summed E-state index contributed by atoms with van der Waals surface area (Å²) in [5, 5.41) is 2.76. The third-order valence-corrected chi connectivity index (χ3v) is 7.25. The Hall–Kier alpha value is -3.52. The molecule has 0 saturated carbocycles. The predicted octanol–water partition coefficient (Wildman–Crippen LogP) is 4.52. The highest BCUT2D eigenvalue weighted by Crippen LogP contribution is 2.32. The number of rotatable bonds is 11. The largest absolute Gasteiger partial charge is 0.495 e. The first-order valence-electron chi connectivity index (χ1n) is 11.4. The number of carbonyl (C=O) groups excluding carboxylic acids is 1. The number of amides is 1. The third kappa shape index (κ3) is 6.54. The van der Waals surface area contributed by atoms with Gasteiger partial charge in [0.1, 0.15) is 24.7 Å². The van der Waals surface area contributed by atoms with Gasteiger partial charge in [-0.05, 0) is 48.7 Å². The van der Waals surface area contributed by atoms with Gasteiger partial charge in [0.15, 0.2) is 0 Å². The van der Waals surface area contributed by atoms with Crippen LogP contribution < -0.4 is 19.1 Å². The van der Waals surface area contributed by atoms with Crippen molar-refractivity contribution in [3.05, 3.63) is 83.9 Å². The fraction of sp³-hybridized carbons (Fsp3) is 0.296. The lowest BCUT2D eigenvalue weighted by Gasteiger charge is -2.25. The molecule has 0 heterocycles. The molecular formula is C27H32N2O5S. The van der Waals surface area contributed by atoms with Crippen LogP contribution in [0, 0.1) is 6.92 Å². The first-order valence-corrected chi connectivity index (χ1v) is 12.9. The predicted molar refractivity (Wildman–Crippen MR) is 138 cm³/mol. The van der Waals surface area contributed by atoms with Gasteiger partial charge in [-0.3, -0.25) is 9.10 Å². The molecule has 0 aliphatic carbocycles. The Morgan fingerprint density at radius 1 is 0.943 bits per heavy atom. The molecule has 0 aliphatic heterocycles. The Balaban J connectivity index is 1.74. The lowest BCUT2D eigenvalue weighted by Crippen LogP contribution is -2.42.